The molecule has 0 unspecified atom stereocenters. The predicted molar refractivity (Wildman–Crippen MR) is 68.2 cm³/mol. The highest BCUT2D eigenvalue weighted by Gasteiger charge is 2.15. The van der Waals surface area contributed by atoms with Gasteiger partial charge in [-0.15, -0.1) is 10.2 Å². The second kappa shape index (κ2) is 5.81. The van der Waals surface area contributed by atoms with Crippen LogP contribution in [0.1, 0.15) is 11.5 Å². The Hall–Kier alpha value is -1.93. The van der Waals surface area contributed by atoms with Gasteiger partial charge in [0.25, 0.3) is 0 Å². The molecule has 8 heteroatoms. The number of aromatic nitrogens is 4. The Morgan fingerprint density at radius 1 is 1.42 bits per heavy atom. The number of carbonyl (C=O) groups is 1. The summed E-state index contributed by atoms with van der Waals surface area (Å²) in [6.45, 7) is 1.58. The average Bonchev–Trinajstić information content (AvgIpc) is 2.80. The summed E-state index contributed by atoms with van der Waals surface area (Å²) < 4.78 is 1.60. The van der Waals surface area contributed by atoms with Gasteiger partial charge in [-0.2, -0.15) is 0 Å². The Labute approximate surface area is 113 Å². The van der Waals surface area contributed by atoms with Crippen molar-refractivity contribution in [3.8, 4) is 5.69 Å². The number of carboxylic acid groups (broad SMARTS) is 1. The van der Waals surface area contributed by atoms with E-state index in [1.165, 1.54) is 0 Å². The summed E-state index contributed by atoms with van der Waals surface area (Å²) >= 11 is 1.04. The lowest BCUT2D eigenvalue weighted by molar-refractivity contribution is -0.133. The predicted octanol–water partition coefficient (Wildman–Crippen LogP) is 0.640. The Balaban J connectivity index is 2.38. The molecule has 2 aromatic heterocycles. The molecular weight excluding hydrogens is 268 g/mol. The number of hydrogen-bond acceptors (Lipinski definition) is 6. The first-order chi connectivity index (χ1) is 9.11. The first-order valence-corrected chi connectivity index (χ1v) is 6.43. The minimum atomic E-state index is -0.938. The van der Waals surface area contributed by atoms with Crippen LogP contribution in [0.4, 0.5) is 0 Å². The second-order valence-electron chi connectivity index (χ2n) is 3.73. The second-order valence-corrected chi connectivity index (χ2v) is 4.68. The molecule has 0 aliphatic rings. The van der Waals surface area contributed by atoms with Crippen molar-refractivity contribution in [1.29, 1.82) is 0 Å². The number of thioether (sulfide) groups is 1. The van der Waals surface area contributed by atoms with Crippen LogP contribution in [0.3, 0.4) is 0 Å². The molecule has 0 saturated carbocycles. The molecule has 2 aromatic rings. The van der Waals surface area contributed by atoms with Crippen molar-refractivity contribution in [1.82, 2.24) is 19.7 Å². The third-order valence-corrected chi connectivity index (χ3v) is 3.23. The van der Waals surface area contributed by atoms with Gasteiger partial charge in [-0.05, 0) is 19.1 Å². The maximum Gasteiger partial charge on any atom is 0.313 e. The average molecular weight is 280 g/mol. The summed E-state index contributed by atoms with van der Waals surface area (Å²) in [6, 6.07) is 3.64. The highest BCUT2D eigenvalue weighted by Crippen LogP contribution is 2.21. The van der Waals surface area contributed by atoms with Gasteiger partial charge in [0.2, 0.25) is 0 Å². The van der Waals surface area contributed by atoms with E-state index in [2.05, 4.69) is 15.2 Å². The number of nitrogens with zero attached hydrogens (tertiary/aromatic N) is 4. The number of aliphatic hydroxyl groups is 1. The minimum absolute atomic E-state index is 0.122. The molecule has 0 aromatic carbocycles. The van der Waals surface area contributed by atoms with Crippen molar-refractivity contribution in [2.75, 3.05) is 5.75 Å². The molecule has 19 heavy (non-hydrogen) atoms. The van der Waals surface area contributed by atoms with Crippen molar-refractivity contribution in [3.63, 3.8) is 0 Å². The molecule has 7 nitrogen and oxygen atoms in total. The number of hydrogen-bond donors (Lipinski definition) is 2. The Morgan fingerprint density at radius 3 is 2.79 bits per heavy atom. The lowest BCUT2D eigenvalue weighted by Crippen LogP contribution is -2.05. The van der Waals surface area contributed by atoms with Crippen LogP contribution in [0.15, 0.2) is 23.5 Å². The van der Waals surface area contributed by atoms with E-state index in [-0.39, 0.29) is 12.4 Å². The number of aliphatic carboxylic acids is 1. The van der Waals surface area contributed by atoms with Gasteiger partial charge in [0.05, 0.1) is 17.6 Å². The van der Waals surface area contributed by atoms with Crippen LogP contribution < -0.4 is 0 Å². The van der Waals surface area contributed by atoms with Crippen molar-refractivity contribution >= 4 is 17.7 Å². The van der Waals surface area contributed by atoms with Gasteiger partial charge in [-0.25, -0.2) is 0 Å². The van der Waals surface area contributed by atoms with Crippen molar-refractivity contribution in [3.05, 3.63) is 29.8 Å². The zero-order chi connectivity index (χ0) is 13.8. The van der Waals surface area contributed by atoms with E-state index in [0.717, 1.165) is 17.5 Å². The monoisotopic (exact) mass is 280 g/mol. The van der Waals surface area contributed by atoms with Gasteiger partial charge in [-0.1, -0.05) is 11.8 Å². The highest BCUT2D eigenvalue weighted by molar-refractivity contribution is 7.99. The third-order valence-electron chi connectivity index (χ3n) is 2.32. The molecule has 0 aliphatic carbocycles. The van der Waals surface area contributed by atoms with Crippen LogP contribution >= 0.6 is 11.8 Å². The molecule has 0 amide bonds. The molecule has 2 N–H and O–H groups in total. The lowest BCUT2D eigenvalue weighted by Gasteiger charge is -2.08. The van der Waals surface area contributed by atoms with E-state index in [4.69, 9.17) is 5.11 Å². The quantitative estimate of drug-likeness (QED) is 0.775. The summed E-state index contributed by atoms with van der Waals surface area (Å²) in [4.78, 5) is 14.8. The van der Waals surface area contributed by atoms with Crippen LogP contribution in [0.25, 0.3) is 5.69 Å². The van der Waals surface area contributed by atoms with E-state index in [9.17, 15) is 9.90 Å². The lowest BCUT2D eigenvalue weighted by atomic mass is 10.3. The third kappa shape index (κ3) is 3.09. The number of aliphatic hydroxyl groups excluding tert-OH is 1. The maximum absolute atomic E-state index is 10.6. The SMILES string of the molecule is Cc1ccc(-n2c(CO)nnc2SCC(=O)O)cn1. The van der Waals surface area contributed by atoms with Crippen LogP contribution in [0.2, 0.25) is 0 Å². The fraction of sp³-hybridized carbons (Fsp3) is 0.273. The molecule has 0 saturated heterocycles. The normalized spacial score (nSPS) is 10.6. The fourth-order valence-electron chi connectivity index (χ4n) is 1.47. The van der Waals surface area contributed by atoms with E-state index in [0.29, 0.717) is 16.7 Å². The smallest absolute Gasteiger partial charge is 0.313 e. The zero-order valence-corrected chi connectivity index (χ0v) is 11.0. The van der Waals surface area contributed by atoms with Crippen molar-refractivity contribution < 1.29 is 15.0 Å². The molecular formula is C11H12N4O3S. The maximum atomic E-state index is 10.6. The summed E-state index contributed by atoms with van der Waals surface area (Å²) in [6.07, 6.45) is 1.63. The Morgan fingerprint density at radius 2 is 2.21 bits per heavy atom. The van der Waals surface area contributed by atoms with Crippen LogP contribution in [0.5, 0.6) is 0 Å². The summed E-state index contributed by atoms with van der Waals surface area (Å²) in [7, 11) is 0. The van der Waals surface area contributed by atoms with E-state index >= 15 is 0 Å². The van der Waals surface area contributed by atoms with Gasteiger partial charge in [0.1, 0.15) is 6.61 Å². The number of aryl methyl sites for hydroxylation is 1. The molecule has 0 bridgehead atoms. The Bertz CT molecular complexity index is 582. The van der Waals surface area contributed by atoms with Crippen LogP contribution in [-0.4, -0.2) is 41.7 Å². The van der Waals surface area contributed by atoms with Crippen LogP contribution in [-0.2, 0) is 11.4 Å². The van der Waals surface area contributed by atoms with E-state index in [1.807, 2.05) is 19.1 Å². The van der Waals surface area contributed by atoms with Gasteiger partial charge in [-0.3, -0.25) is 14.3 Å². The topological polar surface area (TPSA) is 101 Å². The van der Waals surface area contributed by atoms with Gasteiger partial charge in [0, 0.05) is 5.69 Å². The molecule has 0 radical (unpaired) electrons. The van der Waals surface area contributed by atoms with Gasteiger partial charge >= 0.3 is 5.97 Å². The molecule has 2 heterocycles. The van der Waals surface area contributed by atoms with Gasteiger partial charge < -0.3 is 10.2 Å². The first-order valence-electron chi connectivity index (χ1n) is 5.44. The molecule has 0 aliphatic heterocycles. The van der Waals surface area contributed by atoms with Gasteiger partial charge in [0.15, 0.2) is 11.0 Å². The molecule has 0 spiro atoms. The number of carboxylic acids is 1. The summed E-state index contributed by atoms with van der Waals surface area (Å²) in [5, 5.41) is 26.1. The largest absolute Gasteiger partial charge is 0.481 e. The number of rotatable bonds is 5. The summed E-state index contributed by atoms with van der Waals surface area (Å²) in [5.74, 6) is -0.714. The molecule has 100 valence electrons. The molecule has 0 fully saturated rings. The minimum Gasteiger partial charge on any atom is -0.481 e. The Kier molecular flexibility index (Phi) is 4.13. The van der Waals surface area contributed by atoms with Crippen molar-refractivity contribution in [2.45, 2.75) is 18.7 Å². The standard InChI is InChI=1S/C11H12N4O3S/c1-7-2-3-8(4-12-7)15-9(5-16)13-14-11(15)19-6-10(17)18/h2-4,16H,5-6H2,1H3,(H,17,18). The zero-order valence-electron chi connectivity index (χ0n) is 10.1. The number of pyridine rings is 1. The first kappa shape index (κ1) is 13.5. The highest BCUT2D eigenvalue weighted by atomic mass is 32.2. The van der Waals surface area contributed by atoms with E-state index < -0.39 is 5.97 Å². The van der Waals surface area contributed by atoms with Crippen molar-refractivity contribution in [2.24, 2.45) is 0 Å². The summed E-state index contributed by atoms with van der Waals surface area (Å²) in [5.41, 5.74) is 1.55. The molecule has 2 rings (SSSR count). The van der Waals surface area contributed by atoms with Crippen LogP contribution in [0, 0.1) is 6.92 Å². The molecule has 0 atom stereocenters. The fourth-order valence-corrected chi connectivity index (χ4v) is 2.17. The van der Waals surface area contributed by atoms with E-state index in [1.54, 1.807) is 10.8 Å².